The molecular weight excluding hydrogens is 421 g/mol. The van der Waals surface area contributed by atoms with Crippen LogP contribution < -0.4 is 15.0 Å². The molecule has 158 valence electrons. The Hall–Kier alpha value is -2.59. The topological polar surface area (TPSA) is 67.6 Å². The van der Waals surface area contributed by atoms with Crippen molar-refractivity contribution in [3.8, 4) is 5.88 Å². The molecule has 3 aromatic rings. The molecule has 0 aromatic carbocycles. The zero-order valence-electron chi connectivity index (χ0n) is 15.8. The molecule has 2 aliphatic heterocycles. The van der Waals surface area contributed by atoms with Gasteiger partial charge in [0.2, 0.25) is 5.88 Å². The van der Waals surface area contributed by atoms with Crippen LogP contribution in [0.5, 0.6) is 5.88 Å². The highest BCUT2D eigenvalue weighted by atomic mass is 35.5. The molecule has 0 spiro atoms. The highest BCUT2D eigenvalue weighted by Gasteiger charge is 2.35. The number of hydrogen-bond donors (Lipinski definition) is 1. The van der Waals surface area contributed by atoms with E-state index in [-0.39, 0.29) is 17.0 Å². The SMILES string of the molecule is FC(F)(F)c1cnc(OC2CN(c3c4c(nc5ccnn35)CCNCC4)C2)c(Cl)c1. The van der Waals surface area contributed by atoms with Crippen LogP contribution in [0.25, 0.3) is 5.65 Å². The number of pyridine rings is 1. The molecule has 11 heteroatoms. The number of ether oxygens (including phenoxy) is 1. The summed E-state index contributed by atoms with van der Waals surface area (Å²) in [5.74, 6) is 1.01. The summed E-state index contributed by atoms with van der Waals surface area (Å²) >= 11 is 5.96. The molecule has 5 rings (SSSR count). The van der Waals surface area contributed by atoms with Crippen LogP contribution in [0.2, 0.25) is 5.02 Å². The van der Waals surface area contributed by atoms with Crippen molar-refractivity contribution in [1.29, 1.82) is 0 Å². The molecule has 0 radical (unpaired) electrons. The van der Waals surface area contributed by atoms with E-state index in [2.05, 4.69) is 20.3 Å². The van der Waals surface area contributed by atoms with E-state index in [1.165, 1.54) is 5.56 Å². The Balaban J connectivity index is 1.36. The first-order valence-electron chi connectivity index (χ1n) is 9.60. The molecule has 1 fully saturated rings. The summed E-state index contributed by atoms with van der Waals surface area (Å²) in [6.07, 6.45) is -0.565. The van der Waals surface area contributed by atoms with Crippen LogP contribution in [-0.4, -0.2) is 51.9 Å². The van der Waals surface area contributed by atoms with Crippen molar-refractivity contribution in [3.05, 3.63) is 46.4 Å². The highest BCUT2D eigenvalue weighted by molar-refractivity contribution is 6.31. The predicted molar refractivity (Wildman–Crippen MR) is 104 cm³/mol. The third kappa shape index (κ3) is 3.43. The van der Waals surface area contributed by atoms with Crippen molar-refractivity contribution >= 4 is 23.1 Å². The second-order valence-electron chi connectivity index (χ2n) is 7.37. The first kappa shape index (κ1) is 19.4. The Morgan fingerprint density at radius 1 is 1.20 bits per heavy atom. The maximum Gasteiger partial charge on any atom is 0.417 e. The molecule has 7 nitrogen and oxygen atoms in total. The van der Waals surface area contributed by atoms with Gasteiger partial charge in [-0.25, -0.2) is 9.97 Å². The molecule has 2 aliphatic rings. The number of alkyl halides is 3. The minimum absolute atomic E-state index is 0.0105. The monoisotopic (exact) mass is 438 g/mol. The van der Waals surface area contributed by atoms with E-state index in [0.717, 1.165) is 55.4 Å². The lowest BCUT2D eigenvalue weighted by Gasteiger charge is -2.41. The van der Waals surface area contributed by atoms with E-state index in [9.17, 15) is 13.2 Å². The lowest BCUT2D eigenvalue weighted by atomic mass is 10.1. The van der Waals surface area contributed by atoms with Crippen molar-refractivity contribution in [2.75, 3.05) is 31.1 Å². The zero-order valence-corrected chi connectivity index (χ0v) is 16.5. The third-order valence-electron chi connectivity index (χ3n) is 5.34. The van der Waals surface area contributed by atoms with Gasteiger partial charge < -0.3 is 15.0 Å². The minimum atomic E-state index is -4.49. The van der Waals surface area contributed by atoms with Gasteiger partial charge in [0.1, 0.15) is 16.9 Å². The summed E-state index contributed by atoms with van der Waals surface area (Å²) in [7, 11) is 0. The first-order chi connectivity index (χ1) is 14.4. The maximum absolute atomic E-state index is 12.8. The minimum Gasteiger partial charge on any atom is -0.470 e. The third-order valence-corrected chi connectivity index (χ3v) is 5.61. The Morgan fingerprint density at radius 2 is 2.00 bits per heavy atom. The van der Waals surface area contributed by atoms with Gasteiger partial charge in [0.25, 0.3) is 0 Å². The fourth-order valence-electron chi connectivity index (χ4n) is 3.85. The van der Waals surface area contributed by atoms with Gasteiger partial charge >= 0.3 is 6.18 Å². The molecule has 3 aromatic heterocycles. The van der Waals surface area contributed by atoms with Crippen LogP contribution in [0.4, 0.5) is 19.0 Å². The fourth-order valence-corrected chi connectivity index (χ4v) is 4.06. The Labute approximate surface area is 174 Å². The Kier molecular flexibility index (Phi) is 4.70. The molecule has 0 unspecified atom stereocenters. The van der Waals surface area contributed by atoms with E-state index in [0.29, 0.717) is 13.1 Å². The standard InChI is InChI=1S/C19H18ClF3N6O/c20-14-7-11(19(21,22)23)8-25-17(14)30-12-9-28(10-12)18-13-1-4-24-5-2-15(13)27-16-3-6-26-29(16)18/h3,6-8,12,24H,1-2,4-5,9-10H2. The van der Waals surface area contributed by atoms with Crippen molar-refractivity contribution in [2.24, 2.45) is 0 Å². The number of nitrogens with zero attached hydrogens (tertiary/aromatic N) is 5. The summed E-state index contributed by atoms with van der Waals surface area (Å²) in [6, 6.07) is 2.71. The maximum atomic E-state index is 12.8. The Bertz CT molecular complexity index is 1100. The molecule has 30 heavy (non-hydrogen) atoms. The van der Waals surface area contributed by atoms with E-state index >= 15 is 0 Å². The van der Waals surface area contributed by atoms with Crippen molar-refractivity contribution < 1.29 is 17.9 Å². The van der Waals surface area contributed by atoms with Crippen LogP contribution >= 0.6 is 11.6 Å². The molecule has 1 saturated heterocycles. The molecule has 0 bridgehead atoms. The van der Waals surface area contributed by atoms with Crippen LogP contribution in [0, 0.1) is 0 Å². The van der Waals surface area contributed by atoms with E-state index < -0.39 is 11.7 Å². The van der Waals surface area contributed by atoms with Crippen LogP contribution in [0.15, 0.2) is 24.5 Å². The Morgan fingerprint density at radius 3 is 2.77 bits per heavy atom. The van der Waals surface area contributed by atoms with E-state index in [4.69, 9.17) is 21.3 Å². The fraction of sp³-hybridized carbons (Fsp3) is 0.421. The number of fused-ring (bicyclic) bond motifs is 2. The van der Waals surface area contributed by atoms with Gasteiger partial charge in [0.15, 0.2) is 5.65 Å². The van der Waals surface area contributed by atoms with E-state index in [1.807, 2.05) is 10.6 Å². The van der Waals surface area contributed by atoms with Gasteiger partial charge in [-0.1, -0.05) is 11.6 Å². The smallest absolute Gasteiger partial charge is 0.417 e. The van der Waals surface area contributed by atoms with Crippen LogP contribution in [-0.2, 0) is 19.0 Å². The largest absolute Gasteiger partial charge is 0.470 e. The first-order valence-corrected chi connectivity index (χ1v) is 9.98. The number of halogens is 4. The van der Waals surface area contributed by atoms with Gasteiger partial charge in [-0.3, -0.25) is 0 Å². The molecule has 0 aliphatic carbocycles. The number of aromatic nitrogens is 4. The number of nitrogens with one attached hydrogen (secondary N) is 1. The van der Waals surface area contributed by atoms with Gasteiger partial charge in [-0.15, -0.1) is 0 Å². The summed E-state index contributed by atoms with van der Waals surface area (Å²) in [5, 5.41) is 7.67. The molecule has 0 atom stereocenters. The summed E-state index contributed by atoms with van der Waals surface area (Å²) < 4.78 is 45.9. The normalized spacial score (nSPS) is 17.5. The van der Waals surface area contributed by atoms with Crippen molar-refractivity contribution in [2.45, 2.75) is 25.1 Å². The molecule has 0 amide bonds. The quantitative estimate of drug-likeness (QED) is 0.678. The molecular formula is C19H18ClF3N6O. The average molecular weight is 439 g/mol. The van der Waals surface area contributed by atoms with Crippen molar-refractivity contribution in [3.63, 3.8) is 0 Å². The summed E-state index contributed by atoms with van der Waals surface area (Å²) in [4.78, 5) is 10.7. The lowest BCUT2D eigenvalue weighted by molar-refractivity contribution is -0.137. The van der Waals surface area contributed by atoms with Crippen LogP contribution in [0.1, 0.15) is 16.8 Å². The molecule has 1 N–H and O–H groups in total. The summed E-state index contributed by atoms with van der Waals surface area (Å²) in [5.41, 5.74) is 2.13. The number of rotatable bonds is 3. The lowest BCUT2D eigenvalue weighted by Crippen LogP contribution is -2.55. The second kappa shape index (κ2) is 7.28. The predicted octanol–water partition coefficient (Wildman–Crippen LogP) is 2.75. The molecule has 0 saturated carbocycles. The van der Waals surface area contributed by atoms with Gasteiger partial charge in [0.05, 0.1) is 30.5 Å². The van der Waals surface area contributed by atoms with Gasteiger partial charge in [-0.05, 0) is 19.0 Å². The second-order valence-corrected chi connectivity index (χ2v) is 7.77. The van der Waals surface area contributed by atoms with Gasteiger partial charge in [0, 0.05) is 30.8 Å². The number of hydrogen-bond acceptors (Lipinski definition) is 6. The van der Waals surface area contributed by atoms with Crippen LogP contribution in [0.3, 0.4) is 0 Å². The van der Waals surface area contributed by atoms with Crippen molar-refractivity contribution in [1.82, 2.24) is 24.9 Å². The number of anilines is 1. The van der Waals surface area contributed by atoms with Gasteiger partial charge in [-0.2, -0.15) is 22.8 Å². The zero-order chi connectivity index (χ0) is 20.9. The molecule has 5 heterocycles. The highest BCUT2D eigenvalue weighted by Crippen LogP contribution is 2.35. The summed E-state index contributed by atoms with van der Waals surface area (Å²) in [6.45, 7) is 2.86. The van der Waals surface area contributed by atoms with E-state index in [1.54, 1.807) is 6.20 Å². The average Bonchev–Trinajstić information content (AvgIpc) is 3.00.